The van der Waals surface area contributed by atoms with Crippen LogP contribution in [-0.2, 0) is 6.54 Å². The van der Waals surface area contributed by atoms with Crippen LogP contribution in [0.25, 0.3) is 6.08 Å². The number of allylic oxidation sites excluding steroid dienone is 1. The Bertz CT molecular complexity index is 1190. The first-order chi connectivity index (χ1) is 15.0. The first-order valence-corrected chi connectivity index (χ1v) is 10.7. The fourth-order valence-corrected chi connectivity index (χ4v) is 4.27. The summed E-state index contributed by atoms with van der Waals surface area (Å²) >= 11 is 5.98. The Morgan fingerprint density at radius 3 is 2.58 bits per heavy atom. The number of ketones is 1. The van der Waals surface area contributed by atoms with E-state index in [4.69, 9.17) is 21.1 Å². The minimum absolute atomic E-state index is 0.0986. The highest BCUT2D eigenvalue weighted by Crippen LogP contribution is 2.45. The summed E-state index contributed by atoms with van der Waals surface area (Å²) in [5, 5.41) is 0.652. The van der Waals surface area contributed by atoms with Crippen molar-refractivity contribution >= 4 is 23.5 Å². The van der Waals surface area contributed by atoms with Crippen molar-refractivity contribution in [2.75, 3.05) is 6.73 Å². The molecular formula is C26H22ClNO3. The SMILES string of the molecule is Cc1cc2c(c3c1C(=O)/C(=C/c1ccc(Cl)cc1)O3)CN(C(C)c1ccccc1)CO2. The molecular weight excluding hydrogens is 410 g/mol. The summed E-state index contributed by atoms with van der Waals surface area (Å²) in [4.78, 5) is 15.4. The normalized spacial score (nSPS) is 17.6. The molecule has 0 aromatic heterocycles. The van der Waals surface area contributed by atoms with E-state index in [0.29, 0.717) is 35.4 Å². The Balaban J connectivity index is 1.49. The molecule has 1 unspecified atom stereocenters. The van der Waals surface area contributed by atoms with Crippen molar-refractivity contribution < 1.29 is 14.3 Å². The highest BCUT2D eigenvalue weighted by atomic mass is 35.5. The zero-order valence-corrected chi connectivity index (χ0v) is 18.1. The van der Waals surface area contributed by atoms with Gasteiger partial charge in [-0.2, -0.15) is 0 Å². The van der Waals surface area contributed by atoms with E-state index in [1.165, 1.54) is 5.56 Å². The van der Waals surface area contributed by atoms with Gasteiger partial charge < -0.3 is 9.47 Å². The molecule has 5 rings (SSSR count). The number of fused-ring (bicyclic) bond motifs is 3. The number of carbonyl (C=O) groups is 1. The Kier molecular flexibility index (Phi) is 5.05. The minimum atomic E-state index is -0.0986. The van der Waals surface area contributed by atoms with E-state index >= 15 is 0 Å². The van der Waals surface area contributed by atoms with Crippen molar-refractivity contribution in [3.05, 3.63) is 99.3 Å². The molecule has 0 aliphatic carbocycles. The second-order valence-corrected chi connectivity index (χ2v) is 8.41. The summed E-state index contributed by atoms with van der Waals surface area (Å²) in [6, 6.07) is 19.8. The number of ether oxygens (including phenoxy) is 2. The quantitative estimate of drug-likeness (QED) is 0.464. The van der Waals surface area contributed by atoms with Gasteiger partial charge in [0.25, 0.3) is 0 Å². The molecule has 0 spiro atoms. The van der Waals surface area contributed by atoms with Crippen LogP contribution in [0.1, 0.15) is 45.6 Å². The van der Waals surface area contributed by atoms with Gasteiger partial charge in [-0.25, -0.2) is 0 Å². The molecule has 0 bridgehead atoms. The molecule has 156 valence electrons. The highest BCUT2D eigenvalue weighted by Gasteiger charge is 2.36. The fourth-order valence-electron chi connectivity index (χ4n) is 4.15. The van der Waals surface area contributed by atoms with E-state index in [1.54, 1.807) is 18.2 Å². The summed E-state index contributed by atoms with van der Waals surface area (Å²) in [7, 11) is 0. The number of carbonyl (C=O) groups excluding carboxylic acids is 1. The lowest BCUT2D eigenvalue weighted by Gasteiger charge is -2.34. The van der Waals surface area contributed by atoms with E-state index in [1.807, 2.05) is 43.3 Å². The Morgan fingerprint density at radius 1 is 1.10 bits per heavy atom. The van der Waals surface area contributed by atoms with Gasteiger partial charge in [0.05, 0.1) is 11.1 Å². The molecule has 3 aromatic carbocycles. The summed E-state index contributed by atoms with van der Waals surface area (Å²) in [6.45, 7) is 5.22. The Hall–Kier alpha value is -3.08. The topological polar surface area (TPSA) is 38.8 Å². The van der Waals surface area contributed by atoms with Gasteiger partial charge in [0.15, 0.2) is 5.76 Å². The molecule has 2 aliphatic heterocycles. The number of Topliss-reactive ketones (excluding diaryl/α,β-unsaturated/α-hetero) is 1. The third-order valence-corrected chi connectivity index (χ3v) is 6.20. The van der Waals surface area contributed by atoms with Crippen LogP contribution < -0.4 is 9.47 Å². The number of hydrogen-bond acceptors (Lipinski definition) is 4. The molecule has 3 aromatic rings. The average molecular weight is 432 g/mol. The molecule has 4 nitrogen and oxygen atoms in total. The maximum absolute atomic E-state index is 13.1. The summed E-state index contributed by atoms with van der Waals surface area (Å²) in [5.74, 6) is 1.62. The van der Waals surface area contributed by atoms with Gasteiger partial charge in [-0.05, 0) is 54.8 Å². The Labute approximate surface area is 186 Å². The van der Waals surface area contributed by atoms with Gasteiger partial charge >= 0.3 is 0 Å². The second kappa shape index (κ2) is 7.88. The van der Waals surface area contributed by atoms with Crippen molar-refractivity contribution in [3.63, 3.8) is 0 Å². The van der Waals surface area contributed by atoms with Gasteiger partial charge in [-0.15, -0.1) is 0 Å². The molecule has 0 radical (unpaired) electrons. The van der Waals surface area contributed by atoms with Crippen molar-refractivity contribution in [2.24, 2.45) is 0 Å². The number of nitrogens with zero attached hydrogens (tertiary/aromatic N) is 1. The van der Waals surface area contributed by atoms with Crippen molar-refractivity contribution in [3.8, 4) is 11.5 Å². The third-order valence-electron chi connectivity index (χ3n) is 5.95. The van der Waals surface area contributed by atoms with Crippen LogP contribution in [0.5, 0.6) is 11.5 Å². The van der Waals surface area contributed by atoms with Crippen LogP contribution in [0.15, 0.2) is 66.4 Å². The monoisotopic (exact) mass is 431 g/mol. The largest absolute Gasteiger partial charge is 0.478 e. The predicted molar refractivity (Wildman–Crippen MR) is 121 cm³/mol. The summed E-state index contributed by atoms with van der Waals surface area (Å²) in [5.41, 5.74) is 4.49. The number of hydrogen-bond donors (Lipinski definition) is 0. The number of aryl methyl sites for hydroxylation is 1. The van der Waals surface area contributed by atoms with E-state index in [0.717, 1.165) is 22.4 Å². The first kappa shape index (κ1) is 19.9. The lowest BCUT2D eigenvalue weighted by Crippen LogP contribution is -2.34. The van der Waals surface area contributed by atoms with Crippen molar-refractivity contribution in [1.29, 1.82) is 0 Å². The average Bonchev–Trinajstić information content (AvgIpc) is 3.12. The third kappa shape index (κ3) is 3.62. The van der Waals surface area contributed by atoms with Crippen molar-refractivity contribution in [1.82, 2.24) is 4.90 Å². The number of rotatable bonds is 3. The van der Waals surface area contributed by atoms with Gasteiger partial charge in [-0.3, -0.25) is 9.69 Å². The zero-order chi connectivity index (χ0) is 21.5. The van der Waals surface area contributed by atoms with Gasteiger partial charge in [0.2, 0.25) is 5.78 Å². The van der Waals surface area contributed by atoms with Gasteiger partial charge in [0.1, 0.15) is 18.2 Å². The van der Waals surface area contributed by atoms with E-state index in [-0.39, 0.29) is 11.8 Å². The van der Waals surface area contributed by atoms with Crippen LogP contribution in [0.4, 0.5) is 0 Å². The van der Waals surface area contributed by atoms with Crippen LogP contribution in [0.2, 0.25) is 5.02 Å². The minimum Gasteiger partial charge on any atom is -0.478 e. The smallest absolute Gasteiger partial charge is 0.232 e. The van der Waals surface area contributed by atoms with E-state index < -0.39 is 0 Å². The molecule has 0 fully saturated rings. The molecule has 1 atom stereocenters. The van der Waals surface area contributed by atoms with Crippen LogP contribution >= 0.6 is 11.6 Å². The lowest BCUT2D eigenvalue weighted by molar-refractivity contribution is 0.0605. The Morgan fingerprint density at radius 2 is 1.84 bits per heavy atom. The summed E-state index contributed by atoms with van der Waals surface area (Å²) < 4.78 is 12.2. The van der Waals surface area contributed by atoms with Crippen molar-refractivity contribution in [2.45, 2.75) is 26.4 Å². The lowest BCUT2D eigenvalue weighted by atomic mass is 9.98. The van der Waals surface area contributed by atoms with Crippen LogP contribution in [-0.4, -0.2) is 17.4 Å². The molecule has 5 heteroatoms. The standard InChI is InChI=1S/C26H22ClNO3/c1-16-12-22-21(14-28(15-30-22)17(2)19-6-4-3-5-7-19)26-24(16)25(29)23(31-26)13-18-8-10-20(27)11-9-18/h3-13,17H,14-15H2,1-2H3/b23-13-. The van der Waals surface area contributed by atoms with Gasteiger partial charge in [-0.1, -0.05) is 54.1 Å². The van der Waals surface area contributed by atoms with E-state index in [2.05, 4.69) is 24.0 Å². The second-order valence-electron chi connectivity index (χ2n) is 7.97. The predicted octanol–water partition coefficient (Wildman–Crippen LogP) is 6.18. The summed E-state index contributed by atoms with van der Waals surface area (Å²) in [6.07, 6.45) is 1.76. The van der Waals surface area contributed by atoms with E-state index in [9.17, 15) is 4.79 Å². The fraction of sp³-hybridized carbons (Fsp3) is 0.192. The number of halogens is 1. The molecule has 0 N–H and O–H groups in total. The van der Waals surface area contributed by atoms with Crippen LogP contribution in [0.3, 0.4) is 0 Å². The highest BCUT2D eigenvalue weighted by molar-refractivity contribution is 6.30. The van der Waals surface area contributed by atoms with Crippen LogP contribution in [0, 0.1) is 6.92 Å². The molecule has 0 amide bonds. The maximum atomic E-state index is 13.1. The zero-order valence-electron chi connectivity index (χ0n) is 17.4. The molecule has 0 saturated carbocycles. The number of benzene rings is 3. The molecule has 0 saturated heterocycles. The maximum Gasteiger partial charge on any atom is 0.232 e. The first-order valence-electron chi connectivity index (χ1n) is 10.3. The molecule has 2 heterocycles. The van der Waals surface area contributed by atoms with Gasteiger partial charge in [0, 0.05) is 17.6 Å². The molecule has 31 heavy (non-hydrogen) atoms. The molecule has 2 aliphatic rings.